The van der Waals surface area contributed by atoms with E-state index in [1.165, 1.54) is 12.1 Å². The van der Waals surface area contributed by atoms with Gasteiger partial charge in [-0.3, -0.25) is 9.59 Å². The van der Waals surface area contributed by atoms with Crippen LogP contribution in [0, 0.1) is 11.7 Å². The van der Waals surface area contributed by atoms with Crippen molar-refractivity contribution in [1.29, 1.82) is 0 Å². The Kier molecular flexibility index (Phi) is 5.14. The second-order valence-electron chi connectivity index (χ2n) is 6.89. The van der Waals surface area contributed by atoms with Crippen LogP contribution in [0.5, 0.6) is 0 Å². The highest BCUT2D eigenvalue weighted by molar-refractivity contribution is 5.89. The molecular weight excluding hydrogens is 309 g/mol. The summed E-state index contributed by atoms with van der Waals surface area (Å²) in [5.41, 5.74) is 0.876. The fourth-order valence-electron chi connectivity index (χ4n) is 3.38. The van der Waals surface area contributed by atoms with Crippen LogP contribution in [0.4, 0.5) is 4.39 Å². The van der Waals surface area contributed by atoms with Crippen LogP contribution in [0.25, 0.3) is 0 Å². The molecule has 2 amide bonds. The normalized spacial score (nSPS) is 22.8. The summed E-state index contributed by atoms with van der Waals surface area (Å²) in [5, 5.41) is 3.10. The molecule has 0 aromatic heterocycles. The van der Waals surface area contributed by atoms with Gasteiger partial charge in [0.15, 0.2) is 0 Å². The summed E-state index contributed by atoms with van der Waals surface area (Å²) >= 11 is 0. The second-order valence-corrected chi connectivity index (χ2v) is 6.89. The van der Waals surface area contributed by atoms with E-state index in [9.17, 15) is 14.0 Å². The van der Waals surface area contributed by atoms with Gasteiger partial charge in [-0.15, -0.1) is 0 Å². The molecule has 5 nitrogen and oxygen atoms in total. The topological polar surface area (TPSA) is 52.7 Å². The average molecular weight is 333 g/mol. The van der Waals surface area contributed by atoms with Gasteiger partial charge >= 0.3 is 0 Å². The van der Waals surface area contributed by atoms with E-state index in [2.05, 4.69) is 17.3 Å². The van der Waals surface area contributed by atoms with Gasteiger partial charge in [-0.1, -0.05) is 12.1 Å². The van der Waals surface area contributed by atoms with E-state index in [-0.39, 0.29) is 36.0 Å². The van der Waals surface area contributed by atoms with Gasteiger partial charge in [-0.25, -0.2) is 4.39 Å². The van der Waals surface area contributed by atoms with Crippen LogP contribution in [-0.4, -0.2) is 54.3 Å². The summed E-state index contributed by atoms with van der Waals surface area (Å²) in [7, 11) is 2.08. The van der Waals surface area contributed by atoms with Crippen molar-refractivity contribution in [3.05, 3.63) is 35.6 Å². The summed E-state index contributed by atoms with van der Waals surface area (Å²) in [4.78, 5) is 28.5. The van der Waals surface area contributed by atoms with Crippen molar-refractivity contribution in [2.75, 3.05) is 26.7 Å². The molecule has 0 saturated carbocycles. The van der Waals surface area contributed by atoms with Gasteiger partial charge < -0.3 is 15.1 Å². The highest BCUT2D eigenvalue weighted by Crippen LogP contribution is 2.21. The van der Waals surface area contributed by atoms with Crippen molar-refractivity contribution in [3.63, 3.8) is 0 Å². The van der Waals surface area contributed by atoms with E-state index in [0.717, 1.165) is 31.5 Å². The minimum absolute atomic E-state index is 0.0112. The molecule has 1 N–H and O–H groups in total. The van der Waals surface area contributed by atoms with Crippen LogP contribution in [0.15, 0.2) is 24.3 Å². The molecular formula is C18H24FN3O2. The van der Waals surface area contributed by atoms with Crippen LogP contribution in [0.1, 0.15) is 24.8 Å². The van der Waals surface area contributed by atoms with Crippen LogP contribution < -0.4 is 5.32 Å². The molecule has 1 unspecified atom stereocenters. The third-order valence-electron chi connectivity index (χ3n) is 4.94. The van der Waals surface area contributed by atoms with E-state index in [4.69, 9.17) is 0 Å². The standard InChI is InChI=1S/C18H24FN3O2/c1-21-8-6-16(7-9-21)20-18(24)14-10-17(23)22(12-14)11-13-2-4-15(19)5-3-13/h2-5,14,16H,6-12H2,1H3,(H,20,24). The molecule has 130 valence electrons. The maximum Gasteiger partial charge on any atom is 0.225 e. The van der Waals surface area contributed by atoms with Crippen LogP contribution in [0.3, 0.4) is 0 Å². The largest absolute Gasteiger partial charge is 0.353 e. The molecule has 0 bridgehead atoms. The minimum atomic E-state index is -0.290. The molecule has 0 aliphatic carbocycles. The number of hydrogen-bond donors (Lipinski definition) is 1. The van der Waals surface area contributed by atoms with Gasteiger partial charge in [0.05, 0.1) is 5.92 Å². The Hall–Kier alpha value is -1.95. The van der Waals surface area contributed by atoms with Crippen molar-refractivity contribution in [1.82, 2.24) is 15.1 Å². The first kappa shape index (κ1) is 16.9. The first-order valence-electron chi connectivity index (χ1n) is 8.52. The monoisotopic (exact) mass is 333 g/mol. The third-order valence-corrected chi connectivity index (χ3v) is 4.94. The zero-order chi connectivity index (χ0) is 17.1. The Bertz CT molecular complexity index is 597. The predicted octanol–water partition coefficient (Wildman–Crippen LogP) is 1.38. The lowest BCUT2D eigenvalue weighted by molar-refractivity contribution is -0.129. The van der Waals surface area contributed by atoms with Crippen molar-refractivity contribution >= 4 is 11.8 Å². The molecule has 2 aliphatic heterocycles. The number of rotatable bonds is 4. The quantitative estimate of drug-likeness (QED) is 0.906. The molecule has 1 aromatic rings. The lowest BCUT2D eigenvalue weighted by Crippen LogP contribution is -2.45. The lowest BCUT2D eigenvalue weighted by atomic mass is 10.0. The van der Waals surface area contributed by atoms with E-state index in [1.54, 1.807) is 17.0 Å². The summed E-state index contributed by atoms with van der Waals surface area (Å²) < 4.78 is 13.0. The highest BCUT2D eigenvalue weighted by atomic mass is 19.1. The van der Waals surface area contributed by atoms with E-state index < -0.39 is 0 Å². The molecule has 24 heavy (non-hydrogen) atoms. The maximum absolute atomic E-state index is 13.0. The molecule has 1 aromatic carbocycles. The van der Waals surface area contributed by atoms with Gasteiger partial charge in [0.1, 0.15) is 5.82 Å². The first-order valence-corrected chi connectivity index (χ1v) is 8.52. The number of likely N-dealkylation sites (tertiary alicyclic amines) is 2. The zero-order valence-electron chi connectivity index (χ0n) is 14.0. The molecule has 3 rings (SSSR count). The van der Waals surface area contributed by atoms with Crippen LogP contribution in [0.2, 0.25) is 0 Å². The lowest BCUT2D eigenvalue weighted by Gasteiger charge is -2.30. The molecule has 0 radical (unpaired) electrons. The van der Waals surface area contributed by atoms with Crippen molar-refractivity contribution < 1.29 is 14.0 Å². The second kappa shape index (κ2) is 7.30. The Morgan fingerprint density at radius 1 is 1.25 bits per heavy atom. The van der Waals surface area contributed by atoms with E-state index >= 15 is 0 Å². The maximum atomic E-state index is 13.0. The Morgan fingerprint density at radius 3 is 2.58 bits per heavy atom. The number of hydrogen-bond acceptors (Lipinski definition) is 3. The fraction of sp³-hybridized carbons (Fsp3) is 0.556. The molecule has 0 spiro atoms. The molecule has 6 heteroatoms. The minimum Gasteiger partial charge on any atom is -0.353 e. The molecule has 2 heterocycles. The van der Waals surface area contributed by atoms with Gasteiger partial charge in [-0.2, -0.15) is 0 Å². The Balaban J connectivity index is 1.52. The number of carbonyl (C=O) groups is 2. The van der Waals surface area contributed by atoms with E-state index in [0.29, 0.717) is 13.1 Å². The van der Waals surface area contributed by atoms with Crippen LogP contribution in [-0.2, 0) is 16.1 Å². The van der Waals surface area contributed by atoms with Gasteiger partial charge in [-0.05, 0) is 50.7 Å². The molecule has 2 aliphatic rings. The summed E-state index contributed by atoms with van der Waals surface area (Å²) in [6.07, 6.45) is 2.18. The number of nitrogens with zero attached hydrogens (tertiary/aromatic N) is 2. The summed E-state index contributed by atoms with van der Waals surface area (Å²) in [6, 6.07) is 6.35. The van der Waals surface area contributed by atoms with Crippen molar-refractivity contribution in [2.45, 2.75) is 31.8 Å². The zero-order valence-corrected chi connectivity index (χ0v) is 14.0. The van der Waals surface area contributed by atoms with Gasteiger partial charge in [0.25, 0.3) is 0 Å². The van der Waals surface area contributed by atoms with Gasteiger partial charge in [0, 0.05) is 25.6 Å². The smallest absolute Gasteiger partial charge is 0.225 e. The number of halogens is 1. The predicted molar refractivity (Wildman–Crippen MR) is 88.6 cm³/mol. The van der Waals surface area contributed by atoms with Crippen molar-refractivity contribution in [3.8, 4) is 0 Å². The Labute approximate surface area is 141 Å². The molecule has 2 fully saturated rings. The SMILES string of the molecule is CN1CCC(NC(=O)C2CC(=O)N(Cc3ccc(F)cc3)C2)CC1. The summed E-state index contributed by atoms with van der Waals surface area (Å²) in [6.45, 7) is 2.85. The van der Waals surface area contributed by atoms with Crippen LogP contribution >= 0.6 is 0 Å². The fourth-order valence-corrected chi connectivity index (χ4v) is 3.38. The third kappa shape index (κ3) is 4.12. The molecule has 2 saturated heterocycles. The van der Waals surface area contributed by atoms with Gasteiger partial charge in [0.2, 0.25) is 11.8 Å². The Morgan fingerprint density at radius 2 is 1.92 bits per heavy atom. The number of carbonyl (C=O) groups excluding carboxylic acids is 2. The molecule has 1 atom stereocenters. The highest BCUT2D eigenvalue weighted by Gasteiger charge is 2.35. The number of piperidine rings is 1. The van der Waals surface area contributed by atoms with Crippen molar-refractivity contribution in [2.24, 2.45) is 5.92 Å². The first-order chi connectivity index (χ1) is 11.5. The number of nitrogens with one attached hydrogen (secondary N) is 1. The van der Waals surface area contributed by atoms with E-state index in [1.807, 2.05) is 0 Å². The number of amides is 2. The number of benzene rings is 1. The summed E-state index contributed by atoms with van der Waals surface area (Å²) in [5.74, 6) is -0.596. The average Bonchev–Trinajstić information content (AvgIpc) is 2.93.